The number of aromatic amines is 1. The number of rotatable bonds is 4. The summed E-state index contributed by atoms with van der Waals surface area (Å²) >= 11 is 5.51. The van der Waals surface area contributed by atoms with Gasteiger partial charge in [-0.25, -0.2) is 5.10 Å². The van der Waals surface area contributed by atoms with Crippen molar-refractivity contribution >= 4 is 18.2 Å². The van der Waals surface area contributed by atoms with Crippen LogP contribution in [0, 0.1) is 4.77 Å². The monoisotopic (exact) mass is 294 g/mol. The lowest BCUT2D eigenvalue weighted by molar-refractivity contribution is 0.348. The van der Waals surface area contributed by atoms with Crippen LogP contribution >= 0.6 is 12.2 Å². The second kappa shape index (κ2) is 6.29. The molecule has 2 fully saturated rings. The van der Waals surface area contributed by atoms with Crippen LogP contribution in [0.2, 0.25) is 0 Å². The Morgan fingerprint density at radius 2 is 1.80 bits per heavy atom. The van der Waals surface area contributed by atoms with Crippen molar-refractivity contribution in [3.8, 4) is 0 Å². The first-order valence-electron chi connectivity index (χ1n) is 8.24. The van der Waals surface area contributed by atoms with Gasteiger partial charge in [-0.1, -0.05) is 32.1 Å². The predicted molar refractivity (Wildman–Crippen MR) is 84.8 cm³/mol. The Kier molecular flexibility index (Phi) is 4.44. The number of hydrogen-bond acceptors (Lipinski definition) is 3. The van der Waals surface area contributed by atoms with E-state index in [1.54, 1.807) is 0 Å². The molecule has 0 atom stereocenters. The summed E-state index contributed by atoms with van der Waals surface area (Å²) in [7, 11) is 0. The van der Waals surface area contributed by atoms with Gasteiger partial charge < -0.3 is 4.90 Å². The van der Waals surface area contributed by atoms with Crippen molar-refractivity contribution in [2.24, 2.45) is 0 Å². The first kappa shape index (κ1) is 14.1. The van der Waals surface area contributed by atoms with Gasteiger partial charge >= 0.3 is 0 Å². The van der Waals surface area contributed by atoms with E-state index in [9.17, 15) is 0 Å². The molecule has 2 saturated carbocycles. The molecule has 0 saturated heterocycles. The predicted octanol–water partition coefficient (Wildman–Crippen LogP) is 4.21. The third-order valence-electron chi connectivity index (χ3n) is 4.99. The van der Waals surface area contributed by atoms with Crippen LogP contribution in [0.1, 0.15) is 70.8 Å². The number of H-pyrrole nitrogens is 1. The lowest BCUT2D eigenvalue weighted by Gasteiger charge is -2.32. The van der Waals surface area contributed by atoms with Gasteiger partial charge in [-0.15, -0.1) is 5.10 Å². The molecule has 0 spiro atoms. The maximum atomic E-state index is 5.51. The lowest BCUT2D eigenvalue weighted by Crippen LogP contribution is -2.36. The van der Waals surface area contributed by atoms with E-state index in [4.69, 9.17) is 12.2 Å². The summed E-state index contributed by atoms with van der Waals surface area (Å²) in [5.41, 5.74) is 0. The molecule has 0 aromatic carbocycles. The highest BCUT2D eigenvalue weighted by Crippen LogP contribution is 2.33. The van der Waals surface area contributed by atoms with E-state index in [1.165, 1.54) is 57.8 Å². The molecular weight excluding hydrogens is 268 g/mol. The summed E-state index contributed by atoms with van der Waals surface area (Å²) in [5.74, 6) is 1.09. The van der Waals surface area contributed by atoms with E-state index in [-0.39, 0.29) is 0 Å². The van der Waals surface area contributed by atoms with Gasteiger partial charge in [-0.2, -0.15) is 0 Å². The van der Waals surface area contributed by atoms with E-state index in [0.717, 1.165) is 17.3 Å². The molecular formula is C15H26N4S. The Labute approximate surface area is 126 Å². The Morgan fingerprint density at radius 1 is 1.15 bits per heavy atom. The molecule has 0 amide bonds. The maximum Gasteiger partial charge on any atom is 0.226 e. The minimum absolute atomic E-state index is 0.556. The van der Waals surface area contributed by atoms with Gasteiger partial charge in [0.15, 0.2) is 4.77 Å². The largest absolute Gasteiger partial charge is 0.338 e. The molecule has 0 aliphatic heterocycles. The summed E-state index contributed by atoms with van der Waals surface area (Å²) in [6.45, 7) is 3.26. The number of nitrogens with zero attached hydrogens (tertiary/aromatic N) is 3. The summed E-state index contributed by atoms with van der Waals surface area (Å²) < 4.78 is 3.12. The van der Waals surface area contributed by atoms with Crippen molar-refractivity contribution < 1.29 is 0 Å². The quantitative estimate of drug-likeness (QED) is 0.845. The smallest absolute Gasteiger partial charge is 0.226 e. The van der Waals surface area contributed by atoms with Crippen LogP contribution in [0.3, 0.4) is 0 Å². The summed E-state index contributed by atoms with van der Waals surface area (Å²) in [5, 5.41) is 7.63. The number of anilines is 1. The molecule has 0 radical (unpaired) electrons. The zero-order valence-electron chi connectivity index (χ0n) is 12.5. The Balaban J connectivity index is 1.89. The van der Waals surface area contributed by atoms with Crippen LogP contribution in [0.25, 0.3) is 0 Å². The topological polar surface area (TPSA) is 36.9 Å². The van der Waals surface area contributed by atoms with Crippen LogP contribution in [0.5, 0.6) is 0 Å². The van der Waals surface area contributed by atoms with Crippen LogP contribution in [0.4, 0.5) is 5.95 Å². The van der Waals surface area contributed by atoms with Crippen LogP contribution in [0.15, 0.2) is 0 Å². The molecule has 0 unspecified atom stereocenters. The third kappa shape index (κ3) is 2.65. The Morgan fingerprint density at radius 3 is 2.45 bits per heavy atom. The van der Waals surface area contributed by atoms with Crippen LogP contribution in [-0.2, 0) is 0 Å². The van der Waals surface area contributed by atoms with Crippen LogP contribution in [-0.4, -0.2) is 27.4 Å². The van der Waals surface area contributed by atoms with E-state index in [2.05, 4.69) is 26.6 Å². The minimum Gasteiger partial charge on any atom is -0.338 e. The van der Waals surface area contributed by atoms with Crippen molar-refractivity contribution in [3.63, 3.8) is 0 Å². The zero-order valence-corrected chi connectivity index (χ0v) is 13.3. The third-order valence-corrected chi connectivity index (χ3v) is 5.28. The first-order chi connectivity index (χ1) is 9.81. The normalized spacial score (nSPS) is 21.4. The van der Waals surface area contributed by atoms with Gasteiger partial charge in [0.1, 0.15) is 0 Å². The van der Waals surface area contributed by atoms with Crippen molar-refractivity contribution in [2.75, 3.05) is 11.4 Å². The van der Waals surface area contributed by atoms with Crippen molar-refractivity contribution in [2.45, 2.75) is 76.8 Å². The maximum absolute atomic E-state index is 5.51. The highest BCUT2D eigenvalue weighted by molar-refractivity contribution is 7.71. The van der Waals surface area contributed by atoms with Gasteiger partial charge in [0.05, 0.1) is 0 Å². The first-order valence-corrected chi connectivity index (χ1v) is 8.65. The summed E-state index contributed by atoms with van der Waals surface area (Å²) in [4.78, 5) is 2.48. The van der Waals surface area contributed by atoms with Crippen LogP contribution < -0.4 is 4.90 Å². The molecule has 1 N–H and O–H groups in total. The van der Waals surface area contributed by atoms with E-state index in [0.29, 0.717) is 12.1 Å². The van der Waals surface area contributed by atoms with Gasteiger partial charge in [-0.3, -0.25) is 4.57 Å². The molecule has 2 aliphatic carbocycles. The molecule has 4 nitrogen and oxygen atoms in total. The fraction of sp³-hybridized carbons (Fsp3) is 0.867. The minimum atomic E-state index is 0.556. The lowest BCUT2D eigenvalue weighted by atomic mass is 9.95. The molecule has 1 aromatic rings. The van der Waals surface area contributed by atoms with E-state index in [1.807, 2.05) is 0 Å². The Hall–Kier alpha value is -0.840. The number of nitrogens with one attached hydrogen (secondary N) is 1. The molecule has 2 aliphatic rings. The average Bonchev–Trinajstić information content (AvgIpc) is 3.12. The molecule has 0 bridgehead atoms. The van der Waals surface area contributed by atoms with Crippen molar-refractivity contribution in [3.05, 3.63) is 4.77 Å². The number of aromatic nitrogens is 3. The van der Waals surface area contributed by atoms with Gasteiger partial charge in [0.2, 0.25) is 5.95 Å². The second-order valence-corrected chi connectivity index (χ2v) is 6.60. The summed E-state index contributed by atoms with van der Waals surface area (Å²) in [6.07, 6.45) is 11.9. The second-order valence-electron chi connectivity index (χ2n) is 6.21. The molecule has 5 heteroatoms. The Bertz CT molecular complexity index is 480. The molecule has 3 rings (SSSR count). The van der Waals surface area contributed by atoms with Crippen molar-refractivity contribution in [1.82, 2.24) is 14.8 Å². The highest BCUT2D eigenvalue weighted by atomic mass is 32.1. The average molecular weight is 294 g/mol. The highest BCUT2D eigenvalue weighted by Gasteiger charge is 2.28. The van der Waals surface area contributed by atoms with Gasteiger partial charge in [-0.05, 0) is 44.8 Å². The SMILES string of the molecule is CCN(c1n[nH]c(=S)n1C1CCCCC1)C1CCCC1. The number of hydrogen-bond donors (Lipinski definition) is 1. The fourth-order valence-corrected chi connectivity index (χ4v) is 4.22. The van der Waals surface area contributed by atoms with Crippen molar-refractivity contribution in [1.29, 1.82) is 0 Å². The van der Waals surface area contributed by atoms with Gasteiger partial charge in [0, 0.05) is 18.6 Å². The zero-order chi connectivity index (χ0) is 13.9. The van der Waals surface area contributed by atoms with E-state index < -0.39 is 0 Å². The summed E-state index contributed by atoms with van der Waals surface area (Å²) in [6, 6.07) is 1.22. The van der Waals surface area contributed by atoms with Gasteiger partial charge in [0.25, 0.3) is 0 Å². The molecule has 1 aromatic heterocycles. The fourth-order valence-electron chi connectivity index (χ4n) is 3.95. The molecule has 20 heavy (non-hydrogen) atoms. The van der Waals surface area contributed by atoms with E-state index >= 15 is 0 Å². The standard InChI is InChI=1S/C15H26N4S/c1-2-18(12-8-6-7-9-12)14-16-17-15(20)19(14)13-10-4-3-5-11-13/h12-13H,2-11H2,1H3,(H,17,20). The molecule has 112 valence electrons. The molecule has 1 heterocycles.